The Hall–Kier alpha value is -1.10. The van der Waals surface area contributed by atoms with Crippen molar-refractivity contribution in [3.05, 3.63) is 29.8 Å². The molecule has 0 fully saturated rings. The molecule has 1 aromatic carbocycles. The van der Waals surface area contributed by atoms with Crippen LogP contribution in [0.25, 0.3) is 0 Å². The average molecular weight is 211 g/mol. The molecule has 0 aliphatic heterocycles. The zero-order chi connectivity index (χ0) is 11.3. The number of ether oxygens (including phenoxy) is 1. The van der Waals surface area contributed by atoms with E-state index in [1.54, 1.807) is 7.11 Å². The van der Waals surface area contributed by atoms with E-state index in [-0.39, 0.29) is 13.2 Å². The lowest BCUT2D eigenvalue weighted by Crippen LogP contribution is -2.34. The molecule has 0 heterocycles. The summed E-state index contributed by atoms with van der Waals surface area (Å²) in [6, 6.07) is 7.51. The summed E-state index contributed by atoms with van der Waals surface area (Å²) in [5.74, 6) is 5.80. The van der Waals surface area contributed by atoms with Gasteiger partial charge in [0.05, 0.1) is 20.3 Å². The van der Waals surface area contributed by atoms with Gasteiger partial charge in [-0.2, -0.15) is 0 Å². The molecule has 0 aliphatic rings. The maximum Gasteiger partial charge on any atom is 0.122 e. The normalized spacial score (nSPS) is 14.7. The highest BCUT2D eigenvalue weighted by Gasteiger charge is 2.29. The van der Waals surface area contributed by atoms with E-state index in [4.69, 9.17) is 10.6 Å². The summed E-state index contributed by atoms with van der Waals surface area (Å²) in [6.45, 7) is 2.06. The number of hydrogen-bond donors (Lipinski definition) is 2. The summed E-state index contributed by atoms with van der Waals surface area (Å²) in [7, 11) is 1.60. The maximum atomic E-state index is 9.40. The molecule has 1 rings (SSSR count). The van der Waals surface area contributed by atoms with Gasteiger partial charge in [0, 0.05) is 11.0 Å². The molecule has 1 atom stereocenters. The van der Waals surface area contributed by atoms with E-state index in [1.807, 2.05) is 31.2 Å². The number of aliphatic hydroxyl groups is 1. The summed E-state index contributed by atoms with van der Waals surface area (Å²) in [4.78, 5) is 4.64. The zero-order valence-corrected chi connectivity index (χ0v) is 9.06. The van der Waals surface area contributed by atoms with E-state index in [9.17, 15) is 5.11 Å². The van der Waals surface area contributed by atoms with E-state index in [0.29, 0.717) is 0 Å². The molecule has 0 amide bonds. The van der Waals surface area contributed by atoms with Crippen molar-refractivity contribution in [1.29, 1.82) is 0 Å². The SMILES string of the molecule is COc1ccccc1C(C)(CO)CON. The molecule has 0 bridgehead atoms. The minimum absolute atomic E-state index is 0.0510. The fraction of sp³-hybridized carbons (Fsp3) is 0.455. The standard InChI is InChI=1S/C11H17NO3/c1-11(7-13,8-15-12)9-5-3-4-6-10(9)14-2/h3-6,13H,7-8,12H2,1-2H3. The lowest BCUT2D eigenvalue weighted by atomic mass is 9.83. The molecule has 84 valence electrons. The van der Waals surface area contributed by atoms with Gasteiger partial charge in [0.15, 0.2) is 0 Å². The second-order valence-electron chi connectivity index (χ2n) is 3.73. The molecule has 3 N–H and O–H groups in total. The summed E-state index contributed by atoms with van der Waals surface area (Å²) in [5.41, 5.74) is 0.349. The van der Waals surface area contributed by atoms with E-state index < -0.39 is 5.41 Å². The predicted molar refractivity (Wildman–Crippen MR) is 57.6 cm³/mol. The van der Waals surface area contributed by atoms with Crippen molar-refractivity contribution in [3.8, 4) is 5.75 Å². The van der Waals surface area contributed by atoms with Crippen molar-refractivity contribution >= 4 is 0 Å². The number of benzene rings is 1. The Labute approximate surface area is 89.6 Å². The number of para-hydroxylation sites is 1. The Bertz CT molecular complexity index is 316. The van der Waals surface area contributed by atoms with Crippen LogP contribution in [0.4, 0.5) is 0 Å². The van der Waals surface area contributed by atoms with E-state index in [2.05, 4.69) is 4.84 Å². The van der Waals surface area contributed by atoms with Crippen LogP contribution in [0.15, 0.2) is 24.3 Å². The number of rotatable bonds is 5. The van der Waals surface area contributed by atoms with Crippen LogP contribution in [0.2, 0.25) is 0 Å². The largest absolute Gasteiger partial charge is 0.496 e. The molecular formula is C11H17NO3. The second kappa shape index (κ2) is 5.11. The Balaban J connectivity index is 3.10. The van der Waals surface area contributed by atoms with Crippen LogP contribution in [-0.4, -0.2) is 25.4 Å². The van der Waals surface area contributed by atoms with Gasteiger partial charge in [-0.15, -0.1) is 0 Å². The van der Waals surface area contributed by atoms with Gasteiger partial charge in [-0.3, -0.25) is 0 Å². The molecule has 0 radical (unpaired) electrons. The quantitative estimate of drug-likeness (QED) is 0.708. The first-order chi connectivity index (χ1) is 7.18. The van der Waals surface area contributed by atoms with Crippen molar-refractivity contribution in [1.82, 2.24) is 0 Å². The summed E-state index contributed by atoms with van der Waals surface area (Å²) >= 11 is 0. The molecule has 4 nitrogen and oxygen atoms in total. The first-order valence-electron chi connectivity index (χ1n) is 4.74. The minimum Gasteiger partial charge on any atom is -0.496 e. The third-order valence-electron chi connectivity index (χ3n) is 2.51. The van der Waals surface area contributed by atoms with Gasteiger partial charge >= 0.3 is 0 Å². The lowest BCUT2D eigenvalue weighted by molar-refractivity contribution is 0.0583. The van der Waals surface area contributed by atoms with Crippen molar-refractivity contribution in [3.63, 3.8) is 0 Å². The van der Waals surface area contributed by atoms with Gasteiger partial charge in [-0.05, 0) is 6.07 Å². The smallest absolute Gasteiger partial charge is 0.122 e. The molecular weight excluding hydrogens is 194 g/mol. The molecule has 4 heteroatoms. The molecule has 15 heavy (non-hydrogen) atoms. The maximum absolute atomic E-state index is 9.40. The summed E-state index contributed by atoms with van der Waals surface area (Å²) < 4.78 is 5.23. The van der Waals surface area contributed by atoms with Crippen molar-refractivity contribution in [2.75, 3.05) is 20.3 Å². The molecule has 0 spiro atoms. The molecule has 0 aliphatic carbocycles. The highest BCUT2D eigenvalue weighted by atomic mass is 16.6. The molecule has 0 saturated heterocycles. The Morgan fingerprint density at radius 1 is 1.40 bits per heavy atom. The molecule has 0 saturated carbocycles. The third-order valence-corrected chi connectivity index (χ3v) is 2.51. The minimum atomic E-state index is -0.540. The average Bonchev–Trinajstić information content (AvgIpc) is 2.29. The highest BCUT2D eigenvalue weighted by Crippen LogP contribution is 2.31. The van der Waals surface area contributed by atoms with Crippen molar-refractivity contribution in [2.24, 2.45) is 5.90 Å². The van der Waals surface area contributed by atoms with Gasteiger partial charge in [-0.25, -0.2) is 5.90 Å². The first kappa shape index (κ1) is 12.0. The summed E-state index contributed by atoms with van der Waals surface area (Å²) in [5, 5.41) is 9.40. The summed E-state index contributed by atoms with van der Waals surface area (Å²) in [6.07, 6.45) is 0. The third kappa shape index (κ3) is 2.47. The monoisotopic (exact) mass is 211 g/mol. The number of aliphatic hydroxyl groups excluding tert-OH is 1. The predicted octanol–water partition coefficient (Wildman–Crippen LogP) is 0.836. The van der Waals surface area contributed by atoms with Gasteiger partial charge in [0.1, 0.15) is 5.75 Å². The van der Waals surface area contributed by atoms with Crippen LogP contribution in [0.1, 0.15) is 12.5 Å². The first-order valence-corrected chi connectivity index (χ1v) is 4.74. The van der Waals surface area contributed by atoms with Crippen LogP contribution < -0.4 is 10.6 Å². The Morgan fingerprint density at radius 3 is 2.60 bits per heavy atom. The van der Waals surface area contributed by atoms with Crippen LogP contribution in [-0.2, 0) is 10.3 Å². The molecule has 0 aromatic heterocycles. The molecule has 1 aromatic rings. The van der Waals surface area contributed by atoms with Gasteiger partial charge in [0.25, 0.3) is 0 Å². The van der Waals surface area contributed by atoms with Crippen LogP contribution in [0, 0.1) is 0 Å². The van der Waals surface area contributed by atoms with Crippen molar-refractivity contribution < 1.29 is 14.7 Å². The fourth-order valence-electron chi connectivity index (χ4n) is 1.54. The number of nitrogens with two attached hydrogens (primary N) is 1. The van der Waals surface area contributed by atoms with E-state index >= 15 is 0 Å². The van der Waals surface area contributed by atoms with Crippen molar-refractivity contribution in [2.45, 2.75) is 12.3 Å². The Morgan fingerprint density at radius 2 is 2.07 bits per heavy atom. The Kier molecular flexibility index (Phi) is 4.08. The second-order valence-corrected chi connectivity index (χ2v) is 3.73. The van der Waals surface area contributed by atoms with Gasteiger partial charge in [-0.1, -0.05) is 25.1 Å². The van der Waals surface area contributed by atoms with Crippen LogP contribution in [0.3, 0.4) is 0 Å². The zero-order valence-electron chi connectivity index (χ0n) is 9.06. The van der Waals surface area contributed by atoms with Gasteiger partial charge < -0.3 is 14.7 Å². The number of methoxy groups -OCH3 is 1. The van der Waals surface area contributed by atoms with Gasteiger partial charge in [0.2, 0.25) is 0 Å². The van der Waals surface area contributed by atoms with E-state index in [0.717, 1.165) is 11.3 Å². The number of hydrogen-bond acceptors (Lipinski definition) is 4. The highest BCUT2D eigenvalue weighted by molar-refractivity contribution is 5.39. The topological polar surface area (TPSA) is 64.7 Å². The fourth-order valence-corrected chi connectivity index (χ4v) is 1.54. The lowest BCUT2D eigenvalue weighted by Gasteiger charge is -2.28. The van der Waals surface area contributed by atoms with E-state index in [1.165, 1.54) is 0 Å². The van der Waals surface area contributed by atoms with Crippen LogP contribution >= 0.6 is 0 Å². The molecule has 1 unspecified atom stereocenters. The van der Waals surface area contributed by atoms with Crippen LogP contribution in [0.5, 0.6) is 5.75 Å².